The van der Waals surface area contributed by atoms with Crippen LogP contribution in [0.4, 0.5) is 0 Å². The van der Waals surface area contributed by atoms with E-state index < -0.39 is 0 Å². The molecular weight excluding hydrogens is 192 g/mol. The van der Waals surface area contributed by atoms with E-state index in [1.165, 1.54) is 0 Å². The normalized spacial score (nSPS) is 15.7. The van der Waals surface area contributed by atoms with E-state index in [0.29, 0.717) is 11.1 Å². The van der Waals surface area contributed by atoms with Gasteiger partial charge in [-0.1, -0.05) is 0 Å². The van der Waals surface area contributed by atoms with Crippen LogP contribution in [0, 0.1) is 0 Å². The Morgan fingerprint density at radius 1 is 1.40 bits per heavy atom. The number of aromatic nitrogens is 1. The highest BCUT2D eigenvalue weighted by Crippen LogP contribution is 2.13. The molecule has 0 unspecified atom stereocenters. The van der Waals surface area contributed by atoms with Crippen molar-refractivity contribution in [1.29, 1.82) is 0 Å². The molecule has 1 amide bonds. The predicted octanol–water partition coefficient (Wildman–Crippen LogP) is 0.810. The summed E-state index contributed by atoms with van der Waals surface area (Å²) in [5.41, 5.74) is 1.25. The van der Waals surface area contributed by atoms with Crippen LogP contribution in [0.2, 0.25) is 0 Å². The van der Waals surface area contributed by atoms with E-state index in [0.717, 1.165) is 25.9 Å². The van der Waals surface area contributed by atoms with Crippen LogP contribution >= 0.6 is 0 Å². The average molecular weight is 206 g/mol. The van der Waals surface area contributed by atoms with Gasteiger partial charge in [0.2, 0.25) is 0 Å². The molecule has 80 valence electrons. The summed E-state index contributed by atoms with van der Waals surface area (Å²) in [6, 6.07) is 1.70. The van der Waals surface area contributed by atoms with Gasteiger partial charge in [0.25, 0.3) is 5.91 Å². The van der Waals surface area contributed by atoms with Gasteiger partial charge in [-0.05, 0) is 24.5 Å². The largest absolute Gasteiger partial charge is 0.392 e. The number of likely N-dealkylation sites (tertiary alicyclic amines) is 1. The topological polar surface area (TPSA) is 53.4 Å². The summed E-state index contributed by atoms with van der Waals surface area (Å²) in [5.74, 6) is 0.0234. The van der Waals surface area contributed by atoms with Crippen LogP contribution in [0.25, 0.3) is 0 Å². The molecule has 1 saturated heterocycles. The fraction of sp³-hybridized carbons (Fsp3) is 0.455. The first-order valence-electron chi connectivity index (χ1n) is 5.15. The number of carbonyl (C=O) groups excluding carboxylic acids is 1. The van der Waals surface area contributed by atoms with Gasteiger partial charge in [0.1, 0.15) is 0 Å². The van der Waals surface area contributed by atoms with E-state index >= 15 is 0 Å². The van der Waals surface area contributed by atoms with E-state index in [9.17, 15) is 4.79 Å². The zero-order valence-electron chi connectivity index (χ0n) is 8.52. The number of aliphatic hydroxyl groups excluding tert-OH is 1. The Kier molecular flexibility index (Phi) is 2.97. The van der Waals surface area contributed by atoms with Crippen LogP contribution in [0.3, 0.4) is 0 Å². The molecule has 0 spiro atoms. The summed E-state index contributed by atoms with van der Waals surface area (Å²) in [7, 11) is 0. The minimum Gasteiger partial charge on any atom is -0.392 e. The molecule has 2 rings (SSSR count). The average Bonchev–Trinajstić information content (AvgIpc) is 2.81. The van der Waals surface area contributed by atoms with Crippen LogP contribution < -0.4 is 0 Å². The molecule has 4 nitrogen and oxygen atoms in total. The molecule has 0 saturated carbocycles. The second-order valence-corrected chi connectivity index (χ2v) is 3.74. The molecule has 0 bridgehead atoms. The van der Waals surface area contributed by atoms with Crippen LogP contribution in [0.5, 0.6) is 0 Å². The van der Waals surface area contributed by atoms with Crippen molar-refractivity contribution in [2.45, 2.75) is 19.4 Å². The van der Waals surface area contributed by atoms with Gasteiger partial charge in [-0.15, -0.1) is 0 Å². The highest BCUT2D eigenvalue weighted by molar-refractivity contribution is 5.94. The Morgan fingerprint density at radius 3 is 2.80 bits per heavy atom. The summed E-state index contributed by atoms with van der Waals surface area (Å²) in [5, 5.41) is 8.94. The quantitative estimate of drug-likeness (QED) is 0.779. The van der Waals surface area contributed by atoms with Gasteiger partial charge in [-0.2, -0.15) is 0 Å². The fourth-order valence-corrected chi connectivity index (χ4v) is 1.79. The fourth-order valence-electron chi connectivity index (χ4n) is 1.79. The molecule has 1 aliphatic heterocycles. The third-order valence-electron chi connectivity index (χ3n) is 2.62. The molecule has 0 radical (unpaired) electrons. The lowest BCUT2D eigenvalue weighted by atomic mass is 10.2. The molecule has 0 aliphatic carbocycles. The first kappa shape index (κ1) is 10.1. The molecule has 1 aromatic heterocycles. The molecule has 0 aromatic carbocycles. The number of rotatable bonds is 2. The Hall–Kier alpha value is -1.42. The van der Waals surface area contributed by atoms with Crippen molar-refractivity contribution >= 4 is 5.91 Å². The van der Waals surface area contributed by atoms with Gasteiger partial charge in [-0.25, -0.2) is 0 Å². The van der Waals surface area contributed by atoms with Gasteiger partial charge in [0.05, 0.1) is 12.2 Å². The zero-order valence-corrected chi connectivity index (χ0v) is 8.52. The zero-order chi connectivity index (χ0) is 10.7. The Balaban J connectivity index is 2.17. The van der Waals surface area contributed by atoms with E-state index in [1.54, 1.807) is 18.5 Å². The molecule has 1 N–H and O–H groups in total. The maximum Gasteiger partial charge on any atom is 0.255 e. The number of nitrogens with zero attached hydrogens (tertiary/aromatic N) is 2. The first-order chi connectivity index (χ1) is 7.31. The van der Waals surface area contributed by atoms with Crippen molar-refractivity contribution in [1.82, 2.24) is 9.88 Å². The summed E-state index contributed by atoms with van der Waals surface area (Å²) in [6.45, 7) is 1.60. The van der Waals surface area contributed by atoms with E-state index in [-0.39, 0.29) is 12.5 Å². The molecule has 15 heavy (non-hydrogen) atoms. The van der Waals surface area contributed by atoms with Crippen LogP contribution in [-0.2, 0) is 6.61 Å². The van der Waals surface area contributed by atoms with Crippen molar-refractivity contribution < 1.29 is 9.90 Å². The Bertz CT molecular complexity index is 359. The van der Waals surface area contributed by atoms with E-state index in [2.05, 4.69) is 4.98 Å². The number of pyridine rings is 1. The van der Waals surface area contributed by atoms with Crippen molar-refractivity contribution in [2.75, 3.05) is 13.1 Å². The summed E-state index contributed by atoms with van der Waals surface area (Å²) in [4.78, 5) is 17.7. The predicted molar refractivity (Wildman–Crippen MR) is 55.3 cm³/mol. The van der Waals surface area contributed by atoms with E-state index in [1.807, 2.05) is 4.90 Å². The van der Waals surface area contributed by atoms with E-state index in [4.69, 9.17) is 5.11 Å². The molecule has 4 heteroatoms. The second-order valence-electron chi connectivity index (χ2n) is 3.74. The maximum atomic E-state index is 11.9. The van der Waals surface area contributed by atoms with Gasteiger partial charge >= 0.3 is 0 Å². The lowest BCUT2D eigenvalue weighted by molar-refractivity contribution is 0.0792. The number of hydrogen-bond donors (Lipinski definition) is 1. The molecule has 0 atom stereocenters. The Morgan fingerprint density at radius 2 is 2.13 bits per heavy atom. The van der Waals surface area contributed by atoms with Crippen molar-refractivity contribution in [3.8, 4) is 0 Å². The highest BCUT2D eigenvalue weighted by atomic mass is 16.3. The third-order valence-corrected chi connectivity index (χ3v) is 2.62. The van der Waals surface area contributed by atoms with Gasteiger partial charge < -0.3 is 10.0 Å². The van der Waals surface area contributed by atoms with Gasteiger partial charge in [-0.3, -0.25) is 9.78 Å². The van der Waals surface area contributed by atoms with Crippen molar-refractivity contribution in [3.05, 3.63) is 29.6 Å². The molecule has 2 heterocycles. The standard InChI is InChI=1S/C11H14N2O2/c14-8-9-5-10(7-12-6-9)11(15)13-3-1-2-4-13/h5-7,14H,1-4,8H2. The van der Waals surface area contributed by atoms with Crippen LogP contribution in [0.1, 0.15) is 28.8 Å². The van der Waals surface area contributed by atoms with Crippen molar-refractivity contribution in [2.24, 2.45) is 0 Å². The molecule has 1 aliphatic rings. The number of amides is 1. The maximum absolute atomic E-state index is 11.9. The van der Waals surface area contributed by atoms with Crippen molar-refractivity contribution in [3.63, 3.8) is 0 Å². The van der Waals surface area contributed by atoms with Gasteiger partial charge in [0, 0.05) is 25.5 Å². The second kappa shape index (κ2) is 4.40. The van der Waals surface area contributed by atoms with Crippen LogP contribution in [-0.4, -0.2) is 34.0 Å². The molecule has 1 fully saturated rings. The number of aliphatic hydroxyl groups is 1. The van der Waals surface area contributed by atoms with Crippen LogP contribution in [0.15, 0.2) is 18.5 Å². The Labute approximate surface area is 88.6 Å². The van der Waals surface area contributed by atoms with Gasteiger partial charge in [0.15, 0.2) is 0 Å². The summed E-state index contributed by atoms with van der Waals surface area (Å²) < 4.78 is 0. The number of hydrogen-bond acceptors (Lipinski definition) is 3. The molecular formula is C11H14N2O2. The number of carbonyl (C=O) groups is 1. The third kappa shape index (κ3) is 2.15. The highest BCUT2D eigenvalue weighted by Gasteiger charge is 2.19. The lowest BCUT2D eigenvalue weighted by Gasteiger charge is -2.14. The lowest BCUT2D eigenvalue weighted by Crippen LogP contribution is -2.27. The molecule has 1 aromatic rings. The smallest absolute Gasteiger partial charge is 0.255 e. The SMILES string of the molecule is O=C(c1cncc(CO)c1)N1CCCC1. The monoisotopic (exact) mass is 206 g/mol. The summed E-state index contributed by atoms with van der Waals surface area (Å²) in [6.07, 6.45) is 5.29. The first-order valence-corrected chi connectivity index (χ1v) is 5.15. The minimum atomic E-state index is -0.0753. The summed E-state index contributed by atoms with van der Waals surface area (Å²) >= 11 is 0. The minimum absolute atomic E-state index is 0.0234.